The molecule has 4 aromatic rings. The Labute approximate surface area is 187 Å². The van der Waals surface area contributed by atoms with E-state index in [9.17, 15) is 4.79 Å². The highest BCUT2D eigenvalue weighted by atomic mass is 35.5. The summed E-state index contributed by atoms with van der Waals surface area (Å²) in [6.45, 7) is 2.74. The molecule has 0 aliphatic carbocycles. The van der Waals surface area contributed by atoms with E-state index in [0.29, 0.717) is 12.4 Å². The van der Waals surface area contributed by atoms with Crippen molar-refractivity contribution in [1.29, 1.82) is 0 Å². The van der Waals surface area contributed by atoms with E-state index in [-0.39, 0.29) is 11.9 Å². The molecule has 5 rings (SSSR count). The van der Waals surface area contributed by atoms with Gasteiger partial charge in [-0.25, -0.2) is 0 Å². The Morgan fingerprint density at radius 1 is 0.935 bits per heavy atom. The van der Waals surface area contributed by atoms with Gasteiger partial charge in [0.25, 0.3) is 5.91 Å². The molecule has 3 aromatic carbocycles. The molecule has 3 nitrogen and oxygen atoms in total. The lowest BCUT2D eigenvalue weighted by atomic mass is 9.93. The van der Waals surface area contributed by atoms with Crippen LogP contribution in [0.1, 0.15) is 39.5 Å². The lowest BCUT2D eigenvalue weighted by Crippen LogP contribution is -2.30. The summed E-state index contributed by atoms with van der Waals surface area (Å²) in [4.78, 5) is 15.4. The van der Waals surface area contributed by atoms with Crippen molar-refractivity contribution < 1.29 is 4.79 Å². The fourth-order valence-corrected chi connectivity index (χ4v) is 5.02. The first-order chi connectivity index (χ1) is 15.1. The van der Waals surface area contributed by atoms with E-state index in [0.717, 1.165) is 28.8 Å². The van der Waals surface area contributed by atoms with Crippen LogP contribution in [-0.4, -0.2) is 27.8 Å². The number of carbonyl (C=O) groups is 1. The lowest BCUT2D eigenvalue weighted by molar-refractivity contribution is 0.0751. The number of fused-ring (bicyclic) bond motifs is 2. The number of para-hydroxylation sites is 1. The van der Waals surface area contributed by atoms with Crippen molar-refractivity contribution in [2.24, 2.45) is 7.05 Å². The van der Waals surface area contributed by atoms with Crippen LogP contribution in [0.4, 0.5) is 0 Å². The molecule has 0 radical (unpaired) electrons. The van der Waals surface area contributed by atoms with Gasteiger partial charge < -0.3 is 9.47 Å². The number of nitrogens with zero attached hydrogens (tertiary/aromatic N) is 2. The Balaban J connectivity index is 1.82. The van der Waals surface area contributed by atoms with Crippen molar-refractivity contribution >= 4 is 28.4 Å². The van der Waals surface area contributed by atoms with Gasteiger partial charge in [-0.2, -0.15) is 0 Å². The molecule has 1 atom stereocenters. The molecule has 1 aliphatic rings. The quantitative estimate of drug-likeness (QED) is 0.341. The lowest BCUT2D eigenvalue weighted by Gasteiger charge is -2.27. The van der Waals surface area contributed by atoms with Crippen molar-refractivity contribution in [2.75, 3.05) is 12.4 Å². The average Bonchev–Trinajstić information content (AvgIpc) is 3.24. The first-order valence-corrected chi connectivity index (χ1v) is 11.3. The molecule has 0 spiro atoms. The molecule has 1 aromatic heterocycles. The van der Waals surface area contributed by atoms with E-state index in [1.54, 1.807) is 0 Å². The van der Waals surface area contributed by atoms with Crippen LogP contribution in [0.25, 0.3) is 22.2 Å². The number of aromatic nitrogens is 1. The monoisotopic (exact) mass is 428 g/mol. The molecule has 31 heavy (non-hydrogen) atoms. The SMILES string of the molecule is Cc1ccc(-c2c([C@H]3c4ccccc4C(=O)N3CCCCl)c3ccccc3n2C)cc1. The van der Waals surface area contributed by atoms with Gasteiger partial charge in [0, 0.05) is 41.5 Å². The minimum absolute atomic E-state index is 0.0912. The van der Waals surface area contributed by atoms with Gasteiger partial charge in [0.05, 0.1) is 11.7 Å². The molecule has 0 fully saturated rings. The summed E-state index contributed by atoms with van der Waals surface area (Å²) in [7, 11) is 2.12. The van der Waals surface area contributed by atoms with Crippen LogP contribution in [0.15, 0.2) is 72.8 Å². The number of hydrogen-bond donors (Lipinski definition) is 0. The minimum Gasteiger partial charge on any atom is -0.343 e. The van der Waals surface area contributed by atoms with Gasteiger partial charge in [-0.3, -0.25) is 4.79 Å². The van der Waals surface area contributed by atoms with E-state index >= 15 is 0 Å². The number of alkyl halides is 1. The highest BCUT2D eigenvalue weighted by Crippen LogP contribution is 2.46. The summed E-state index contributed by atoms with van der Waals surface area (Å²) in [6, 6.07) is 25.0. The zero-order valence-electron chi connectivity index (χ0n) is 17.8. The maximum Gasteiger partial charge on any atom is 0.255 e. The third-order valence-electron chi connectivity index (χ3n) is 6.34. The van der Waals surface area contributed by atoms with Gasteiger partial charge in [0.2, 0.25) is 0 Å². The minimum atomic E-state index is -0.130. The van der Waals surface area contributed by atoms with Crippen molar-refractivity contribution in [1.82, 2.24) is 9.47 Å². The number of benzene rings is 3. The van der Waals surface area contributed by atoms with Gasteiger partial charge in [-0.15, -0.1) is 11.6 Å². The number of carbonyl (C=O) groups excluding carboxylic acids is 1. The number of rotatable bonds is 5. The second-order valence-electron chi connectivity index (χ2n) is 8.24. The summed E-state index contributed by atoms with van der Waals surface area (Å²) in [5.41, 5.74) is 7.78. The molecule has 0 saturated carbocycles. The molecular weight excluding hydrogens is 404 g/mol. The highest BCUT2D eigenvalue weighted by molar-refractivity contribution is 6.17. The number of halogens is 1. The first-order valence-electron chi connectivity index (χ1n) is 10.7. The maximum absolute atomic E-state index is 13.4. The third-order valence-corrected chi connectivity index (χ3v) is 6.60. The molecule has 1 aliphatic heterocycles. The second-order valence-corrected chi connectivity index (χ2v) is 8.61. The molecule has 0 bridgehead atoms. The van der Waals surface area contributed by atoms with Gasteiger partial charge in [-0.05, 0) is 36.6 Å². The number of aryl methyl sites for hydroxylation is 2. The Hall–Kier alpha value is -3.04. The summed E-state index contributed by atoms with van der Waals surface area (Å²) >= 11 is 6.03. The van der Waals surface area contributed by atoms with Crippen LogP contribution in [-0.2, 0) is 7.05 Å². The Bertz CT molecular complexity index is 1270. The van der Waals surface area contributed by atoms with Crippen LogP contribution >= 0.6 is 11.6 Å². The first kappa shape index (κ1) is 19.9. The van der Waals surface area contributed by atoms with E-state index in [1.807, 2.05) is 23.1 Å². The molecule has 2 heterocycles. The van der Waals surface area contributed by atoms with Crippen LogP contribution in [0.2, 0.25) is 0 Å². The zero-order chi connectivity index (χ0) is 21.5. The number of hydrogen-bond acceptors (Lipinski definition) is 1. The summed E-state index contributed by atoms with van der Waals surface area (Å²) < 4.78 is 2.26. The van der Waals surface area contributed by atoms with Crippen molar-refractivity contribution in [3.8, 4) is 11.3 Å². The molecular formula is C27H25ClN2O. The Kier molecular flexibility index (Phi) is 5.07. The molecule has 4 heteroatoms. The normalized spacial score (nSPS) is 15.6. The Morgan fingerprint density at radius 3 is 2.42 bits per heavy atom. The van der Waals surface area contributed by atoms with E-state index in [1.165, 1.54) is 22.0 Å². The summed E-state index contributed by atoms with van der Waals surface area (Å²) in [5, 5.41) is 1.19. The van der Waals surface area contributed by atoms with E-state index < -0.39 is 0 Å². The van der Waals surface area contributed by atoms with Gasteiger partial charge in [-0.1, -0.05) is 66.2 Å². The van der Waals surface area contributed by atoms with Crippen molar-refractivity contribution in [2.45, 2.75) is 19.4 Å². The zero-order valence-corrected chi connectivity index (χ0v) is 18.6. The van der Waals surface area contributed by atoms with Crippen LogP contribution < -0.4 is 0 Å². The average molecular weight is 429 g/mol. The van der Waals surface area contributed by atoms with Crippen molar-refractivity contribution in [3.63, 3.8) is 0 Å². The third kappa shape index (κ3) is 3.16. The van der Waals surface area contributed by atoms with Crippen LogP contribution in [0, 0.1) is 6.92 Å². The molecule has 0 unspecified atom stereocenters. The van der Waals surface area contributed by atoms with Crippen LogP contribution in [0.3, 0.4) is 0 Å². The van der Waals surface area contributed by atoms with E-state index in [2.05, 4.69) is 73.1 Å². The molecule has 1 amide bonds. The fraction of sp³-hybridized carbons (Fsp3) is 0.222. The highest BCUT2D eigenvalue weighted by Gasteiger charge is 2.40. The molecule has 0 N–H and O–H groups in total. The maximum atomic E-state index is 13.4. The van der Waals surface area contributed by atoms with Crippen molar-refractivity contribution in [3.05, 3.63) is 95.1 Å². The largest absolute Gasteiger partial charge is 0.343 e. The predicted octanol–water partition coefficient (Wildman–Crippen LogP) is 6.33. The standard InChI is InChI=1S/C27H25ClN2O/c1-18-12-14-19(15-13-18)25-24(22-10-5-6-11-23(22)29(25)2)26-20-8-3-4-9-21(20)27(31)30(26)17-7-16-28/h3-6,8-15,26H,7,16-17H2,1-2H3/t26-/m1/s1. The number of amides is 1. The van der Waals surface area contributed by atoms with Gasteiger partial charge in [0.15, 0.2) is 0 Å². The summed E-state index contributed by atoms with van der Waals surface area (Å²) in [6.07, 6.45) is 0.766. The van der Waals surface area contributed by atoms with Gasteiger partial charge >= 0.3 is 0 Å². The predicted molar refractivity (Wildman–Crippen MR) is 128 cm³/mol. The van der Waals surface area contributed by atoms with Gasteiger partial charge in [0.1, 0.15) is 0 Å². The smallest absolute Gasteiger partial charge is 0.255 e. The summed E-state index contributed by atoms with van der Waals surface area (Å²) in [5.74, 6) is 0.626. The van der Waals surface area contributed by atoms with E-state index in [4.69, 9.17) is 11.6 Å². The Morgan fingerprint density at radius 2 is 1.65 bits per heavy atom. The second kappa shape index (κ2) is 7.90. The topological polar surface area (TPSA) is 25.2 Å². The molecule has 156 valence electrons. The van der Waals surface area contributed by atoms with Crippen LogP contribution in [0.5, 0.6) is 0 Å². The molecule has 0 saturated heterocycles. The fourth-order valence-electron chi connectivity index (χ4n) is 4.90.